The fourth-order valence-corrected chi connectivity index (χ4v) is 4.11. The van der Waals surface area contributed by atoms with E-state index in [0.29, 0.717) is 5.92 Å². The number of hydrogen-bond donors (Lipinski definition) is 1. The summed E-state index contributed by atoms with van der Waals surface area (Å²) >= 11 is 6.28. The van der Waals surface area contributed by atoms with Crippen molar-refractivity contribution in [3.8, 4) is 0 Å². The van der Waals surface area contributed by atoms with Gasteiger partial charge in [0.1, 0.15) is 0 Å². The van der Waals surface area contributed by atoms with Gasteiger partial charge >= 0.3 is 0 Å². The Morgan fingerprint density at radius 3 is 2.37 bits per heavy atom. The first-order valence-electron chi connectivity index (χ1n) is 7.17. The van der Waals surface area contributed by atoms with E-state index in [2.05, 4.69) is 24.3 Å². The molecule has 3 atom stereocenters. The summed E-state index contributed by atoms with van der Waals surface area (Å²) in [6.07, 6.45) is 4.09. The lowest BCUT2D eigenvalue weighted by Crippen LogP contribution is -2.20. The summed E-state index contributed by atoms with van der Waals surface area (Å²) in [7, 11) is 0. The molecule has 2 aromatic carbocycles. The number of halogens is 1. The molecule has 0 spiro atoms. The van der Waals surface area contributed by atoms with Gasteiger partial charge in [-0.05, 0) is 54.0 Å². The van der Waals surface area contributed by atoms with E-state index >= 15 is 0 Å². The number of fused-ring (bicyclic) bond motifs is 2. The van der Waals surface area contributed by atoms with Crippen molar-refractivity contribution in [2.24, 2.45) is 23.5 Å². The zero-order valence-electron chi connectivity index (χ0n) is 10.9. The Morgan fingerprint density at radius 2 is 1.63 bits per heavy atom. The first kappa shape index (κ1) is 11.7. The van der Waals surface area contributed by atoms with E-state index in [1.807, 2.05) is 12.1 Å². The smallest absolute Gasteiger partial charge is 0.0484 e. The molecule has 2 heteroatoms. The summed E-state index contributed by atoms with van der Waals surface area (Å²) in [6.45, 7) is 0. The van der Waals surface area contributed by atoms with E-state index in [1.54, 1.807) is 0 Å². The van der Waals surface area contributed by atoms with Crippen LogP contribution in [-0.2, 0) is 0 Å². The van der Waals surface area contributed by atoms with Gasteiger partial charge in [0.05, 0.1) is 0 Å². The molecule has 98 valence electrons. The molecule has 2 saturated carbocycles. The first-order valence-corrected chi connectivity index (χ1v) is 7.54. The van der Waals surface area contributed by atoms with Crippen molar-refractivity contribution in [3.63, 3.8) is 0 Å². The predicted molar refractivity (Wildman–Crippen MR) is 80.2 cm³/mol. The van der Waals surface area contributed by atoms with Crippen LogP contribution in [0.2, 0.25) is 5.02 Å². The lowest BCUT2D eigenvalue weighted by molar-refractivity contribution is 0.406. The third-order valence-corrected chi connectivity index (χ3v) is 5.38. The normalized spacial score (nSPS) is 30.3. The summed E-state index contributed by atoms with van der Waals surface area (Å²) in [4.78, 5) is 0. The molecule has 3 unspecified atom stereocenters. The van der Waals surface area contributed by atoms with E-state index < -0.39 is 0 Å². The van der Waals surface area contributed by atoms with Crippen LogP contribution >= 0.6 is 11.6 Å². The van der Waals surface area contributed by atoms with Crippen molar-refractivity contribution in [2.45, 2.75) is 25.3 Å². The van der Waals surface area contributed by atoms with Crippen LogP contribution in [0.1, 0.15) is 30.9 Å². The average Bonchev–Trinajstić information content (AvgIpc) is 3.05. The van der Waals surface area contributed by atoms with Gasteiger partial charge in [0.25, 0.3) is 0 Å². The van der Waals surface area contributed by atoms with E-state index in [-0.39, 0.29) is 6.04 Å². The molecule has 0 aliphatic heterocycles. The molecule has 0 aromatic heterocycles. The molecular formula is C17H18ClN. The second-order valence-corrected chi connectivity index (χ2v) is 6.60. The molecule has 1 nitrogen and oxygen atoms in total. The fourth-order valence-electron chi connectivity index (χ4n) is 3.89. The van der Waals surface area contributed by atoms with Crippen molar-refractivity contribution < 1.29 is 0 Å². The highest BCUT2D eigenvalue weighted by atomic mass is 35.5. The molecule has 19 heavy (non-hydrogen) atoms. The van der Waals surface area contributed by atoms with Crippen LogP contribution < -0.4 is 5.73 Å². The highest BCUT2D eigenvalue weighted by molar-refractivity contribution is 6.35. The van der Waals surface area contributed by atoms with Crippen molar-refractivity contribution in [2.75, 3.05) is 0 Å². The Morgan fingerprint density at radius 1 is 0.947 bits per heavy atom. The predicted octanol–water partition coefficient (Wildman–Crippen LogP) is 4.54. The van der Waals surface area contributed by atoms with Crippen LogP contribution in [-0.4, -0.2) is 0 Å². The Labute approximate surface area is 118 Å². The van der Waals surface area contributed by atoms with Crippen LogP contribution in [0.3, 0.4) is 0 Å². The lowest BCUT2D eigenvalue weighted by Gasteiger charge is -2.22. The molecule has 0 saturated heterocycles. The van der Waals surface area contributed by atoms with Gasteiger partial charge in [0.15, 0.2) is 0 Å². The van der Waals surface area contributed by atoms with Crippen LogP contribution in [0.5, 0.6) is 0 Å². The Kier molecular flexibility index (Phi) is 2.61. The molecule has 2 aromatic rings. The maximum Gasteiger partial charge on any atom is 0.0484 e. The first-order chi connectivity index (χ1) is 9.24. The molecule has 2 aliphatic carbocycles. The van der Waals surface area contributed by atoms with E-state index in [0.717, 1.165) is 22.2 Å². The third kappa shape index (κ3) is 1.87. The number of rotatable bonds is 2. The van der Waals surface area contributed by atoms with E-state index in [9.17, 15) is 0 Å². The number of hydrogen-bond acceptors (Lipinski definition) is 1. The SMILES string of the molecule is NC(c1ccc(Cl)c2ccccc12)C1CC2CC2C1. The van der Waals surface area contributed by atoms with Crippen LogP contribution in [0.15, 0.2) is 36.4 Å². The van der Waals surface area contributed by atoms with Gasteiger partial charge in [0.2, 0.25) is 0 Å². The molecule has 2 fully saturated rings. The topological polar surface area (TPSA) is 26.0 Å². The van der Waals surface area contributed by atoms with Gasteiger partial charge in [-0.1, -0.05) is 41.9 Å². The van der Waals surface area contributed by atoms with Gasteiger partial charge in [-0.25, -0.2) is 0 Å². The Hall–Kier alpha value is -1.05. The highest BCUT2D eigenvalue weighted by Gasteiger charge is 2.47. The van der Waals surface area contributed by atoms with Gasteiger partial charge < -0.3 is 5.73 Å². The van der Waals surface area contributed by atoms with Crippen molar-refractivity contribution in [1.82, 2.24) is 0 Å². The van der Waals surface area contributed by atoms with Crippen LogP contribution in [0.4, 0.5) is 0 Å². The molecule has 0 amide bonds. The second-order valence-electron chi connectivity index (χ2n) is 6.20. The highest BCUT2D eigenvalue weighted by Crippen LogP contribution is 2.57. The standard InChI is InChI=1S/C17H18ClN/c18-16-6-5-15(13-3-1-2-4-14(13)16)17(19)12-8-10-7-11(10)9-12/h1-6,10-12,17H,7-9,19H2. The monoisotopic (exact) mass is 271 g/mol. The molecular weight excluding hydrogens is 254 g/mol. The molecule has 4 rings (SSSR count). The average molecular weight is 272 g/mol. The maximum atomic E-state index is 6.56. The molecule has 0 heterocycles. The maximum absolute atomic E-state index is 6.56. The molecule has 2 aliphatic rings. The summed E-state index contributed by atoms with van der Waals surface area (Å²) in [5.74, 6) is 2.62. The summed E-state index contributed by atoms with van der Waals surface area (Å²) < 4.78 is 0. The van der Waals surface area contributed by atoms with Crippen LogP contribution in [0, 0.1) is 17.8 Å². The largest absolute Gasteiger partial charge is 0.324 e. The van der Waals surface area contributed by atoms with Crippen molar-refractivity contribution in [3.05, 3.63) is 47.0 Å². The quantitative estimate of drug-likeness (QED) is 0.853. The van der Waals surface area contributed by atoms with Gasteiger partial charge in [0, 0.05) is 16.5 Å². The second kappa shape index (κ2) is 4.22. The summed E-state index contributed by atoms with van der Waals surface area (Å²) in [5.41, 5.74) is 7.83. The molecule has 2 N–H and O–H groups in total. The Balaban J connectivity index is 1.76. The summed E-state index contributed by atoms with van der Waals surface area (Å²) in [5, 5.41) is 3.17. The minimum Gasteiger partial charge on any atom is -0.324 e. The number of benzene rings is 2. The van der Waals surface area contributed by atoms with E-state index in [1.165, 1.54) is 30.2 Å². The number of nitrogens with two attached hydrogens (primary N) is 1. The van der Waals surface area contributed by atoms with Gasteiger partial charge in [-0.15, -0.1) is 0 Å². The zero-order valence-corrected chi connectivity index (χ0v) is 11.6. The fraction of sp³-hybridized carbons (Fsp3) is 0.412. The minimum atomic E-state index is 0.162. The van der Waals surface area contributed by atoms with E-state index in [4.69, 9.17) is 17.3 Å². The third-order valence-electron chi connectivity index (χ3n) is 5.05. The van der Waals surface area contributed by atoms with Gasteiger partial charge in [-0.2, -0.15) is 0 Å². The summed E-state index contributed by atoms with van der Waals surface area (Å²) in [6, 6.07) is 12.6. The van der Waals surface area contributed by atoms with Crippen LogP contribution in [0.25, 0.3) is 10.8 Å². The minimum absolute atomic E-state index is 0.162. The molecule has 0 radical (unpaired) electrons. The van der Waals surface area contributed by atoms with Gasteiger partial charge in [-0.3, -0.25) is 0 Å². The zero-order chi connectivity index (χ0) is 13.0. The van der Waals surface area contributed by atoms with Crippen molar-refractivity contribution in [1.29, 1.82) is 0 Å². The Bertz CT molecular complexity index is 626. The lowest BCUT2D eigenvalue weighted by atomic mass is 9.87. The molecule has 0 bridgehead atoms. The van der Waals surface area contributed by atoms with Crippen molar-refractivity contribution >= 4 is 22.4 Å².